The molecular formula is C15H22N2O3. The number of anilines is 1. The number of rotatable bonds is 4. The van der Waals surface area contributed by atoms with Crippen molar-refractivity contribution in [2.45, 2.75) is 25.3 Å². The van der Waals surface area contributed by atoms with Crippen LogP contribution in [0.5, 0.6) is 11.5 Å². The summed E-state index contributed by atoms with van der Waals surface area (Å²) in [7, 11) is 5.17. The van der Waals surface area contributed by atoms with E-state index in [-0.39, 0.29) is 11.9 Å². The third kappa shape index (κ3) is 3.22. The van der Waals surface area contributed by atoms with E-state index in [0.717, 1.165) is 31.5 Å². The van der Waals surface area contributed by atoms with Crippen molar-refractivity contribution in [2.24, 2.45) is 0 Å². The Bertz CT molecular complexity index is 476. The zero-order valence-corrected chi connectivity index (χ0v) is 12.3. The van der Waals surface area contributed by atoms with Crippen molar-refractivity contribution in [1.29, 1.82) is 0 Å². The number of amides is 1. The number of carbonyl (C=O) groups is 1. The predicted molar refractivity (Wildman–Crippen MR) is 78.4 cm³/mol. The SMILES string of the molecule is COc1ccc(NC(=O)C2CCCCN2C)cc1OC. The summed E-state index contributed by atoms with van der Waals surface area (Å²) in [5.41, 5.74) is 0.728. The fourth-order valence-corrected chi connectivity index (χ4v) is 2.55. The van der Waals surface area contributed by atoms with Crippen LogP contribution in [-0.2, 0) is 4.79 Å². The number of ether oxygens (including phenoxy) is 2. The highest BCUT2D eigenvalue weighted by Gasteiger charge is 2.25. The number of likely N-dealkylation sites (N-methyl/N-ethyl adjacent to an activating group) is 1. The van der Waals surface area contributed by atoms with Gasteiger partial charge in [-0.25, -0.2) is 0 Å². The molecule has 1 aromatic carbocycles. The lowest BCUT2D eigenvalue weighted by molar-refractivity contribution is -0.121. The van der Waals surface area contributed by atoms with Gasteiger partial charge in [0.05, 0.1) is 20.3 Å². The normalized spacial score (nSPS) is 19.4. The van der Waals surface area contributed by atoms with Gasteiger partial charge in [-0.05, 0) is 38.6 Å². The summed E-state index contributed by atoms with van der Waals surface area (Å²) in [5, 5.41) is 2.95. The summed E-state index contributed by atoms with van der Waals surface area (Å²) in [6.45, 7) is 0.976. The molecule has 1 aliphatic heterocycles. The number of nitrogens with zero attached hydrogens (tertiary/aromatic N) is 1. The predicted octanol–water partition coefficient (Wildman–Crippen LogP) is 2.13. The minimum Gasteiger partial charge on any atom is -0.493 e. The number of carbonyl (C=O) groups excluding carboxylic acids is 1. The molecular weight excluding hydrogens is 256 g/mol. The molecule has 1 amide bonds. The Labute approximate surface area is 119 Å². The molecule has 0 aromatic heterocycles. The Morgan fingerprint density at radius 3 is 2.65 bits per heavy atom. The number of piperidine rings is 1. The van der Waals surface area contributed by atoms with Crippen LogP contribution in [0.15, 0.2) is 18.2 Å². The van der Waals surface area contributed by atoms with Crippen molar-refractivity contribution in [3.63, 3.8) is 0 Å². The van der Waals surface area contributed by atoms with Crippen molar-refractivity contribution in [1.82, 2.24) is 4.90 Å². The second-order valence-electron chi connectivity index (χ2n) is 5.05. The lowest BCUT2D eigenvalue weighted by atomic mass is 10.0. The van der Waals surface area contributed by atoms with Gasteiger partial charge >= 0.3 is 0 Å². The maximum atomic E-state index is 12.3. The summed E-state index contributed by atoms with van der Waals surface area (Å²) in [4.78, 5) is 14.4. The lowest BCUT2D eigenvalue weighted by Crippen LogP contribution is -2.44. The Morgan fingerprint density at radius 1 is 1.25 bits per heavy atom. The number of methoxy groups -OCH3 is 2. The molecule has 1 unspecified atom stereocenters. The molecule has 1 saturated heterocycles. The maximum Gasteiger partial charge on any atom is 0.241 e. The Kier molecular flexibility index (Phi) is 4.84. The largest absolute Gasteiger partial charge is 0.493 e. The van der Waals surface area contributed by atoms with Crippen LogP contribution in [0, 0.1) is 0 Å². The molecule has 1 fully saturated rings. The molecule has 1 atom stereocenters. The topological polar surface area (TPSA) is 50.8 Å². The van der Waals surface area contributed by atoms with E-state index in [4.69, 9.17) is 9.47 Å². The van der Waals surface area contributed by atoms with Crippen molar-refractivity contribution >= 4 is 11.6 Å². The first-order valence-electron chi connectivity index (χ1n) is 6.89. The first kappa shape index (κ1) is 14.7. The van der Waals surface area contributed by atoms with Crippen molar-refractivity contribution in [3.8, 4) is 11.5 Å². The second kappa shape index (κ2) is 6.61. The third-order valence-corrected chi connectivity index (χ3v) is 3.72. The van der Waals surface area contributed by atoms with E-state index >= 15 is 0 Å². The molecule has 2 rings (SSSR count). The van der Waals surface area contributed by atoms with Gasteiger partial charge in [0.25, 0.3) is 0 Å². The van der Waals surface area contributed by atoms with Gasteiger partial charge in [0.2, 0.25) is 5.91 Å². The third-order valence-electron chi connectivity index (χ3n) is 3.72. The Balaban J connectivity index is 2.07. The molecule has 20 heavy (non-hydrogen) atoms. The number of likely N-dealkylation sites (tertiary alicyclic amines) is 1. The molecule has 0 aliphatic carbocycles. The number of hydrogen-bond acceptors (Lipinski definition) is 4. The first-order valence-corrected chi connectivity index (χ1v) is 6.89. The molecule has 0 bridgehead atoms. The molecule has 1 aromatic rings. The number of benzene rings is 1. The van der Waals surface area contributed by atoms with E-state index in [1.165, 1.54) is 0 Å². The summed E-state index contributed by atoms with van der Waals surface area (Å²) in [5.74, 6) is 1.31. The summed E-state index contributed by atoms with van der Waals surface area (Å²) >= 11 is 0. The quantitative estimate of drug-likeness (QED) is 0.916. The van der Waals surface area contributed by atoms with E-state index in [2.05, 4.69) is 10.2 Å². The zero-order valence-electron chi connectivity index (χ0n) is 12.3. The van der Waals surface area contributed by atoms with Gasteiger partial charge in [0, 0.05) is 11.8 Å². The molecule has 5 nitrogen and oxygen atoms in total. The summed E-state index contributed by atoms with van der Waals surface area (Å²) < 4.78 is 10.4. The highest BCUT2D eigenvalue weighted by Crippen LogP contribution is 2.30. The van der Waals surface area contributed by atoms with Crippen LogP contribution < -0.4 is 14.8 Å². The Hall–Kier alpha value is -1.75. The van der Waals surface area contributed by atoms with Crippen molar-refractivity contribution in [3.05, 3.63) is 18.2 Å². The molecule has 1 heterocycles. The highest BCUT2D eigenvalue weighted by molar-refractivity contribution is 5.95. The van der Waals surface area contributed by atoms with Gasteiger partial charge in [-0.2, -0.15) is 0 Å². The fraction of sp³-hybridized carbons (Fsp3) is 0.533. The monoisotopic (exact) mass is 278 g/mol. The van der Waals surface area contributed by atoms with Gasteiger partial charge in [-0.3, -0.25) is 9.69 Å². The van der Waals surface area contributed by atoms with Gasteiger partial charge in [0.15, 0.2) is 11.5 Å². The zero-order chi connectivity index (χ0) is 14.5. The van der Waals surface area contributed by atoms with Gasteiger partial charge in [-0.15, -0.1) is 0 Å². The standard InChI is InChI=1S/C15H22N2O3/c1-17-9-5-4-6-12(17)15(18)16-11-7-8-13(19-2)14(10-11)20-3/h7-8,10,12H,4-6,9H2,1-3H3,(H,16,18). The van der Waals surface area contributed by atoms with Crippen LogP contribution in [0.2, 0.25) is 0 Å². The fourth-order valence-electron chi connectivity index (χ4n) is 2.55. The smallest absolute Gasteiger partial charge is 0.241 e. The van der Waals surface area contributed by atoms with E-state index in [1.807, 2.05) is 13.1 Å². The van der Waals surface area contributed by atoms with Gasteiger partial charge < -0.3 is 14.8 Å². The average molecular weight is 278 g/mol. The van der Waals surface area contributed by atoms with Gasteiger partial charge in [-0.1, -0.05) is 6.42 Å². The molecule has 110 valence electrons. The molecule has 1 N–H and O–H groups in total. The van der Waals surface area contributed by atoms with Crippen LogP contribution in [0.1, 0.15) is 19.3 Å². The van der Waals surface area contributed by atoms with Crippen molar-refractivity contribution in [2.75, 3.05) is 33.1 Å². The molecule has 0 spiro atoms. The maximum absolute atomic E-state index is 12.3. The van der Waals surface area contributed by atoms with E-state index in [0.29, 0.717) is 11.5 Å². The van der Waals surface area contributed by atoms with E-state index in [9.17, 15) is 4.79 Å². The number of hydrogen-bond donors (Lipinski definition) is 1. The second-order valence-corrected chi connectivity index (χ2v) is 5.05. The highest BCUT2D eigenvalue weighted by atomic mass is 16.5. The minimum atomic E-state index is -0.0446. The number of nitrogens with one attached hydrogen (secondary N) is 1. The summed E-state index contributed by atoms with van der Waals surface area (Å²) in [6.07, 6.45) is 3.18. The summed E-state index contributed by atoms with van der Waals surface area (Å²) in [6, 6.07) is 5.34. The Morgan fingerprint density at radius 2 is 2.00 bits per heavy atom. The van der Waals surface area contributed by atoms with E-state index < -0.39 is 0 Å². The molecule has 1 aliphatic rings. The van der Waals surface area contributed by atoms with Gasteiger partial charge in [0.1, 0.15) is 0 Å². The first-order chi connectivity index (χ1) is 9.65. The molecule has 5 heteroatoms. The molecule has 0 radical (unpaired) electrons. The van der Waals surface area contributed by atoms with Crippen LogP contribution in [0.3, 0.4) is 0 Å². The van der Waals surface area contributed by atoms with Crippen LogP contribution >= 0.6 is 0 Å². The average Bonchev–Trinajstić information content (AvgIpc) is 2.47. The van der Waals surface area contributed by atoms with E-state index in [1.54, 1.807) is 26.4 Å². The van der Waals surface area contributed by atoms with Crippen LogP contribution in [0.25, 0.3) is 0 Å². The van der Waals surface area contributed by atoms with Crippen LogP contribution in [0.4, 0.5) is 5.69 Å². The van der Waals surface area contributed by atoms with Crippen molar-refractivity contribution < 1.29 is 14.3 Å². The van der Waals surface area contributed by atoms with Crippen LogP contribution in [-0.4, -0.2) is 44.7 Å². The molecule has 0 saturated carbocycles. The lowest BCUT2D eigenvalue weighted by Gasteiger charge is -2.31. The minimum absolute atomic E-state index is 0.0411.